The van der Waals surface area contributed by atoms with E-state index in [4.69, 9.17) is 0 Å². The van der Waals surface area contributed by atoms with Crippen LogP contribution in [0.2, 0.25) is 0 Å². The first-order valence-electron chi connectivity index (χ1n) is 8.91. The Hall–Kier alpha value is -2.77. The molecule has 27 heavy (non-hydrogen) atoms. The molecule has 7 heteroatoms. The smallest absolute Gasteiger partial charge is 0.253 e. The van der Waals surface area contributed by atoms with Crippen molar-refractivity contribution in [2.45, 2.75) is 0 Å². The molecule has 4 rings (SSSR count). The minimum absolute atomic E-state index is 0.0885. The van der Waals surface area contributed by atoms with E-state index in [1.54, 1.807) is 17.5 Å². The Kier molecular flexibility index (Phi) is 5.13. The van der Waals surface area contributed by atoms with Gasteiger partial charge in [-0.1, -0.05) is 6.07 Å². The summed E-state index contributed by atoms with van der Waals surface area (Å²) in [4.78, 5) is 26.7. The van der Waals surface area contributed by atoms with Crippen LogP contribution in [0.15, 0.2) is 54.0 Å². The number of nitrogens with zero attached hydrogens (tertiary/aromatic N) is 4. The van der Waals surface area contributed by atoms with E-state index in [0.29, 0.717) is 11.5 Å². The molecule has 0 bridgehead atoms. The fourth-order valence-corrected chi connectivity index (χ4v) is 3.69. The zero-order valence-electron chi connectivity index (χ0n) is 15.1. The largest absolute Gasteiger partial charge is 0.336 e. The normalized spacial score (nSPS) is 14.9. The monoisotopic (exact) mass is 379 g/mol. The van der Waals surface area contributed by atoms with E-state index in [1.165, 1.54) is 0 Å². The second-order valence-electron chi connectivity index (χ2n) is 6.54. The summed E-state index contributed by atoms with van der Waals surface area (Å²) in [6.45, 7) is 3.39. The molecule has 1 amide bonds. The van der Waals surface area contributed by atoms with Gasteiger partial charge in [-0.3, -0.25) is 4.79 Å². The van der Waals surface area contributed by atoms with E-state index in [-0.39, 0.29) is 5.91 Å². The summed E-state index contributed by atoms with van der Waals surface area (Å²) in [5.74, 6) is 0.629. The number of aromatic nitrogens is 2. The van der Waals surface area contributed by atoms with Gasteiger partial charge in [-0.25, -0.2) is 9.97 Å². The number of hydrogen-bond donors (Lipinski definition) is 1. The molecule has 0 unspecified atom stereocenters. The lowest BCUT2D eigenvalue weighted by atomic mass is 10.1. The fourth-order valence-electron chi connectivity index (χ4n) is 3.00. The molecule has 0 spiro atoms. The quantitative estimate of drug-likeness (QED) is 0.753. The molecular formula is C20H21N5OS. The SMILES string of the molecule is CN1CCN(C(=O)c2ccc(Nc3nccc(-c4cccs4)n3)cc2)CC1. The molecule has 1 aliphatic rings. The van der Waals surface area contributed by atoms with Crippen LogP contribution in [0.3, 0.4) is 0 Å². The van der Waals surface area contributed by atoms with Crippen molar-refractivity contribution in [3.05, 3.63) is 59.6 Å². The third kappa shape index (κ3) is 4.15. The predicted octanol–water partition coefficient (Wildman–Crippen LogP) is 3.34. The number of piperazine rings is 1. The Morgan fingerprint density at radius 3 is 2.56 bits per heavy atom. The molecule has 0 atom stereocenters. The molecule has 1 fully saturated rings. The molecule has 138 valence electrons. The predicted molar refractivity (Wildman–Crippen MR) is 108 cm³/mol. The van der Waals surface area contributed by atoms with Crippen LogP contribution in [0.4, 0.5) is 11.6 Å². The first-order valence-corrected chi connectivity index (χ1v) is 9.79. The average molecular weight is 379 g/mol. The summed E-state index contributed by atoms with van der Waals surface area (Å²) in [5, 5.41) is 5.24. The number of rotatable bonds is 4. The third-order valence-corrected chi connectivity index (χ3v) is 5.50. The van der Waals surface area contributed by atoms with Crippen molar-refractivity contribution >= 4 is 28.9 Å². The molecule has 0 saturated carbocycles. The number of likely N-dealkylation sites (N-methyl/N-ethyl adjacent to an activating group) is 1. The number of carbonyl (C=O) groups excluding carboxylic acids is 1. The number of carbonyl (C=O) groups is 1. The summed E-state index contributed by atoms with van der Waals surface area (Å²) in [5.41, 5.74) is 2.45. The molecule has 0 radical (unpaired) electrons. The van der Waals surface area contributed by atoms with Gasteiger partial charge in [-0.15, -0.1) is 11.3 Å². The summed E-state index contributed by atoms with van der Waals surface area (Å²) in [7, 11) is 2.08. The zero-order chi connectivity index (χ0) is 18.6. The van der Waals surface area contributed by atoms with E-state index >= 15 is 0 Å². The van der Waals surface area contributed by atoms with Crippen LogP contribution in [0.5, 0.6) is 0 Å². The van der Waals surface area contributed by atoms with Gasteiger partial charge in [0.1, 0.15) is 0 Å². The van der Waals surface area contributed by atoms with Gasteiger partial charge in [0, 0.05) is 43.6 Å². The number of nitrogens with one attached hydrogen (secondary N) is 1. The topological polar surface area (TPSA) is 61.4 Å². The highest BCUT2D eigenvalue weighted by Crippen LogP contribution is 2.24. The molecule has 1 N–H and O–H groups in total. The van der Waals surface area contributed by atoms with Crippen LogP contribution in [0.1, 0.15) is 10.4 Å². The zero-order valence-corrected chi connectivity index (χ0v) is 15.9. The maximum atomic E-state index is 12.6. The fraction of sp³-hybridized carbons (Fsp3) is 0.250. The van der Waals surface area contributed by atoms with Crippen LogP contribution in [-0.4, -0.2) is 58.9 Å². The van der Waals surface area contributed by atoms with Crippen molar-refractivity contribution < 1.29 is 4.79 Å². The lowest BCUT2D eigenvalue weighted by Gasteiger charge is -2.32. The number of anilines is 2. The van der Waals surface area contributed by atoms with Gasteiger partial charge in [0.2, 0.25) is 5.95 Å². The van der Waals surface area contributed by atoms with E-state index in [1.807, 2.05) is 52.7 Å². The molecule has 3 aromatic rings. The van der Waals surface area contributed by atoms with Crippen LogP contribution in [0.25, 0.3) is 10.6 Å². The molecular weight excluding hydrogens is 358 g/mol. The summed E-state index contributed by atoms with van der Waals surface area (Å²) >= 11 is 1.65. The van der Waals surface area contributed by atoms with Crippen LogP contribution >= 0.6 is 11.3 Å². The Morgan fingerprint density at radius 2 is 1.85 bits per heavy atom. The minimum Gasteiger partial charge on any atom is -0.336 e. The number of hydrogen-bond acceptors (Lipinski definition) is 6. The summed E-state index contributed by atoms with van der Waals surface area (Å²) in [6.07, 6.45) is 1.75. The highest BCUT2D eigenvalue weighted by molar-refractivity contribution is 7.13. The van der Waals surface area contributed by atoms with Crippen molar-refractivity contribution in [2.75, 3.05) is 38.5 Å². The molecule has 1 aromatic carbocycles. The minimum atomic E-state index is 0.0885. The highest BCUT2D eigenvalue weighted by Gasteiger charge is 2.20. The van der Waals surface area contributed by atoms with Gasteiger partial charge < -0.3 is 15.1 Å². The Morgan fingerprint density at radius 1 is 1.07 bits per heavy atom. The molecule has 1 saturated heterocycles. The summed E-state index contributed by atoms with van der Waals surface area (Å²) < 4.78 is 0. The third-order valence-electron chi connectivity index (χ3n) is 4.61. The van der Waals surface area contributed by atoms with Crippen LogP contribution in [0, 0.1) is 0 Å². The Balaban J connectivity index is 1.44. The van der Waals surface area contributed by atoms with E-state index in [2.05, 4.69) is 27.2 Å². The maximum Gasteiger partial charge on any atom is 0.253 e. The number of amides is 1. The van der Waals surface area contributed by atoms with E-state index in [0.717, 1.165) is 42.4 Å². The number of benzene rings is 1. The Bertz CT molecular complexity index is 902. The van der Waals surface area contributed by atoms with Gasteiger partial charge in [0.05, 0.1) is 10.6 Å². The van der Waals surface area contributed by atoms with E-state index < -0.39 is 0 Å². The summed E-state index contributed by atoms with van der Waals surface area (Å²) in [6, 6.07) is 13.4. The van der Waals surface area contributed by atoms with Crippen molar-refractivity contribution in [2.24, 2.45) is 0 Å². The second kappa shape index (κ2) is 7.85. The average Bonchev–Trinajstić information content (AvgIpc) is 3.24. The Labute approximate surface area is 162 Å². The van der Waals surface area contributed by atoms with Crippen molar-refractivity contribution in [3.8, 4) is 10.6 Å². The van der Waals surface area contributed by atoms with Gasteiger partial charge in [-0.05, 0) is 48.8 Å². The van der Waals surface area contributed by atoms with Crippen molar-refractivity contribution in [1.29, 1.82) is 0 Å². The lowest BCUT2D eigenvalue weighted by molar-refractivity contribution is 0.0664. The first kappa shape index (κ1) is 17.6. The molecule has 1 aliphatic heterocycles. The standard InChI is InChI=1S/C20H21N5OS/c1-24-10-12-25(13-11-24)19(26)15-4-6-16(7-5-15)22-20-21-9-8-17(23-20)18-3-2-14-27-18/h2-9,14H,10-13H2,1H3,(H,21,22,23). The molecule has 2 aromatic heterocycles. The van der Waals surface area contributed by atoms with Gasteiger partial charge in [0.15, 0.2) is 0 Å². The second-order valence-corrected chi connectivity index (χ2v) is 7.49. The van der Waals surface area contributed by atoms with Crippen LogP contribution < -0.4 is 5.32 Å². The maximum absolute atomic E-state index is 12.6. The molecule has 0 aliphatic carbocycles. The lowest BCUT2D eigenvalue weighted by Crippen LogP contribution is -2.47. The van der Waals surface area contributed by atoms with Gasteiger partial charge in [0.25, 0.3) is 5.91 Å². The van der Waals surface area contributed by atoms with Crippen molar-refractivity contribution in [1.82, 2.24) is 19.8 Å². The van der Waals surface area contributed by atoms with Gasteiger partial charge >= 0.3 is 0 Å². The highest BCUT2D eigenvalue weighted by atomic mass is 32.1. The first-order chi connectivity index (χ1) is 13.2. The number of thiophene rings is 1. The van der Waals surface area contributed by atoms with E-state index in [9.17, 15) is 4.79 Å². The van der Waals surface area contributed by atoms with Gasteiger partial charge in [-0.2, -0.15) is 0 Å². The molecule has 6 nitrogen and oxygen atoms in total. The van der Waals surface area contributed by atoms with Crippen molar-refractivity contribution in [3.63, 3.8) is 0 Å². The molecule has 3 heterocycles. The van der Waals surface area contributed by atoms with Crippen LogP contribution in [-0.2, 0) is 0 Å².